The van der Waals surface area contributed by atoms with Gasteiger partial charge in [0, 0.05) is 48.3 Å². The molecule has 0 spiro atoms. The zero-order valence-electron chi connectivity index (χ0n) is 18.3. The predicted octanol–water partition coefficient (Wildman–Crippen LogP) is 4.20. The topological polar surface area (TPSA) is 77.0 Å². The summed E-state index contributed by atoms with van der Waals surface area (Å²) in [6.07, 6.45) is 3.53. The van der Waals surface area contributed by atoms with E-state index in [1.54, 1.807) is 12.1 Å². The Hall–Kier alpha value is -3.52. The fourth-order valence-electron chi connectivity index (χ4n) is 4.11. The van der Waals surface area contributed by atoms with Crippen LogP contribution in [0.5, 0.6) is 0 Å². The summed E-state index contributed by atoms with van der Waals surface area (Å²) in [4.78, 5) is 25.5. The first kappa shape index (κ1) is 21.3. The van der Waals surface area contributed by atoms with Gasteiger partial charge in [0.1, 0.15) is 11.6 Å². The van der Waals surface area contributed by atoms with Crippen molar-refractivity contribution in [3.63, 3.8) is 0 Å². The molecule has 33 heavy (non-hydrogen) atoms. The van der Waals surface area contributed by atoms with Gasteiger partial charge >= 0.3 is 0 Å². The molecule has 6 nitrogen and oxygen atoms in total. The first-order chi connectivity index (χ1) is 16.0. The second-order valence-electron chi connectivity index (χ2n) is 8.23. The number of nitrogens with two attached hydrogens (primary N) is 1. The number of rotatable bonds is 4. The summed E-state index contributed by atoms with van der Waals surface area (Å²) in [7, 11) is 0. The van der Waals surface area contributed by atoms with Gasteiger partial charge in [-0.25, -0.2) is 14.4 Å². The highest BCUT2D eigenvalue weighted by Crippen LogP contribution is 2.26. The lowest BCUT2D eigenvalue weighted by Crippen LogP contribution is -2.35. The zero-order valence-corrected chi connectivity index (χ0v) is 19.1. The third kappa shape index (κ3) is 4.52. The van der Waals surface area contributed by atoms with Gasteiger partial charge in [0.15, 0.2) is 5.13 Å². The molecule has 168 valence electrons. The number of nitrogens with zero attached hydrogens (tertiary/aromatic N) is 4. The number of nitrogen functional groups attached to an aromatic ring is 1. The molecule has 2 N–H and O–H groups in total. The van der Waals surface area contributed by atoms with E-state index < -0.39 is 0 Å². The normalized spacial score (nSPS) is 13.6. The van der Waals surface area contributed by atoms with Crippen LogP contribution in [0, 0.1) is 12.7 Å². The van der Waals surface area contributed by atoms with Gasteiger partial charge in [-0.1, -0.05) is 29.8 Å². The lowest BCUT2D eigenvalue weighted by Gasteiger charge is -2.20. The second kappa shape index (κ2) is 8.78. The maximum Gasteiger partial charge on any atom is 0.230 e. The largest absolute Gasteiger partial charge is 0.375 e. The molecular weight excluding hydrogens is 437 g/mol. The molecule has 1 aliphatic rings. The van der Waals surface area contributed by atoms with E-state index in [4.69, 9.17) is 10.7 Å². The molecule has 2 aromatic heterocycles. The van der Waals surface area contributed by atoms with E-state index in [0.717, 1.165) is 39.5 Å². The van der Waals surface area contributed by atoms with Crippen molar-refractivity contribution in [3.8, 4) is 16.9 Å². The maximum atomic E-state index is 13.5. The molecule has 0 atom stereocenters. The molecule has 0 aliphatic carbocycles. The summed E-state index contributed by atoms with van der Waals surface area (Å²) in [5.41, 5.74) is 10.5. The summed E-state index contributed by atoms with van der Waals surface area (Å²) >= 11 is 1.51. The van der Waals surface area contributed by atoms with Crippen molar-refractivity contribution in [2.75, 3.05) is 18.8 Å². The first-order valence-electron chi connectivity index (χ1n) is 10.9. The number of carbonyl (C=O) groups excluding carboxylic acids is 1. The van der Waals surface area contributed by atoms with E-state index in [9.17, 15) is 9.18 Å². The lowest BCUT2D eigenvalue weighted by molar-refractivity contribution is -0.130. The SMILES string of the molecule is Cc1ccc(-c2cn(-c3ccc(F)cc3)c(CC(=O)N3CCc4nc(N)sc4CC3)n2)cc1. The van der Waals surface area contributed by atoms with E-state index in [2.05, 4.69) is 4.98 Å². The van der Waals surface area contributed by atoms with E-state index in [0.29, 0.717) is 30.5 Å². The Labute approximate surface area is 195 Å². The standard InChI is InChI=1S/C25H24FN5OS/c1-16-2-4-17(5-3-16)21-15-31(19-8-6-18(26)7-9-19)23(28-21)14-24(32)30-12-10-20-22(11-13-30)33-25(27)29-20/h2-9,15H,10-14H2,1H3,(H2,27,29). The van der Waals surface area contributed by atoms with Crippen molar-refractivity contribution in [1.82, 2.24) is 19.4 Å². The van der Waals surface area contributed by atoms with Gasteiger partial charge in [0.2, 0.25) is 5.91 Å². The van der Waals surface area contributed by atoms with Crippen LogP contribution < -0.4 is 5.73 Å². The molecule has 1 amide bonds. The molecule has 0 unspecified atom stereocenters. The number of amides is 1. The van der Waals surface area contributed by atoms with Crippen LogP contribution >= 0.6 is 11.3 Å². The fraction of sp³-hybridized carbons (Fsp3) is 0.240. The molecule has 1 aliphatic heterocycles. The van der Waals surface area contributed by atoms with Crippen LogP contribution in [0.1, 0.15) is 22.0 Å². The number of fused-ring (bicyclic) bond motifs is 1. The summed E-state index contributed by atoms with van der Waals surface area (Å²) in [6, 6.07) is 14.3. The molecule has 3 heterocycles. The second-order valence-corrected chi connectivity index (χ2v) is 9.35. The van der Waals surface area contributed by atoms with Gasteiger partial charge in [0.25, 0.3) is 0 Å². The van der Waals surface area contributed by atoms with Gasteiger partial charge in [-0.05, 0) is 31.2 Å². The molecule has 0 bridgehead atoms. The summed E-state index contributed by atoms with van der Waals surface area (Å²) in [5, 5.41) is 0.588. The van der Waals surface area contributed by atoms with Crippen LogP contribution in [0.25, 0.3) is 16.9 Å². The number of halogens is 1. The van der Waals surface area contributed by atoms with Crippen LogP contribution in [0.4, 0.5) is 9.52 Å². The van der Waals surface area contributed by atoms with Gasteiger partial charge < -0.3 is 15.2 Å². The van der Waals surface area contributed by atoms with Crippen LogP contribution in [0.15, 0.2) is 54.7 Å². The quantitative estimate of drug-likeness (QED) is 0.494. The van der Waals surface area contributed by atoms with Crippen molar-refractivity contribution in [2.45, 2.75) is 26.2 Å². The third-order valence-corrected chi connectivity index (χ3v) is 6.90. The number of anilines is 1. The van der Waals surface area contributed by atoms with Crippen molar-refractivity contribution in [1.29, 1.82) is 0 Å². The van der Waals surface area contributed by atoms with Crippen LogP contribution in [-0.4, -0.2) is 38.4 Å². The number of hydrogen-bond donors (Lipinski definition) is 1. The van der Waals surface area contributed by atoms with E-state index in [1.807, 2.05) is 46.9 Å². The Morgan fingerprint density at radius 3 is 2.55 bits per heavy atom. The Morgan fingerprint density at radius 2 is 1.79 bits per heavy atom. The highest BCUT2D eigenvalue weighted by Gasteiger charge is 2.23. The average Bonchev–Trinajstić information content (AvgIpc) is 3.32. The number of hydrogen-bond acceptors (Lipinski definition) is 5. The third-order valence-electron chi connectivity index (χ3n) is 5.92. The predicted molar refractivity (Wildman–Crippen MR) is 128 cm³/mol. The maximum absolute atomic E-state index is 13.5. The monoisotopic (exact) mass is 461 g/mol. The van der Waals surface area contributed by atoms with Crippen molar-refractivity contribution in [3.05, 3.63) is 82.5 Å². The Morgan fingerprint density at radius 1 is 1.06 bits per heavy atom. The molecule has 5 rings (SSSR count). The Bertz CT molecular complexity index is 1270. The van der Waals surface area contributed by atoms with Gasteiger partial charge in [0.05, 0.1) is 17.8 Å². The van der Waals surface area contributed by atoms with E-state index in [1.165, 1.54) is 23.5 Å². The smallest absolute Gasteiger partial charge is 0.230 e. The highest BCUT2D eigenvalue weighted by molar-refractivity contribution is 7.15. The van der Waals surface area contributed by atoms with E-state index >= 15 is 0 Å². The van der Waals surface area contributed by atoms with Crippen molar-refractivity contribution in [2.24, 2.45) is 0 Å². The van der Waals surface area contributed by atoms with E-state index in [-0.39, 0.29) is 18.1 Å². The number of aryl methyl sites for hydroxylation is 1. The highest BCUT2D eigenvalue weighted by atomic mass is 32.1. The summed E-state index contributed by atoms with van der Waals surface area (Å²) < 4.78 is 15.4. The molecule has 0 saturated heterocycles. The minimum absolute atomic E-state index is 0.0162. The molecule has 0 saturated carbocycles. The Balaban J connectivity index is 1.42. The molecular formula is C25H24FN5OS. The number of aromatic nitrogens is 3. The van der Waals surface area contributed by atoms with Crippen molar-refractivity contribution < 1.29 is 9.18 Å². The van der Waals surface area contributed by atoms with Gasteiger partial charge in [-0.3, -0.25) is 4.79 Å². The van der Waals surface area contributed by atoms with Crippen LogP contribution in [-0.2, 0) is 24.1 Å². The molecule has 0 radical (unpaired) electrons. The Kier molecular flexibility index (Phi) is 5.68. The first-order valence-corrected chi connectivity index (χ1v) is 11.7. The zero-order chi connectivity index (χ0) is 22.9. The van der Waals surface area contributed by atoms with Crippen LogP contribution in [0.2, 0.25) is 0 Å². The number of carbonyl (C=O) groups is 1. The summed E-state index contributed by atoms with van der Waals surface area (Å²) in [5.74, 6) is 0.340. The summed E-state index contributed by atoms with van der Waals surface area (Å²) in [6.45, 7) is 3.28. The number of imidazole rings is 1. The molecule has 2 aromatic carbocycles. The number of thiazole rings is 1. The molecule has 4 aromatic rings. The number of benzene rings is 2. The van der Waals surface area contributed by atoms with Gasteiger partial charge in [-0.2, -0.15) is 0 Å². The van der Waals surface area contributed by atoms with Gasteiger partial charge in [-0.15, -0.1) is 11.3 Å². The minimum atomic E-state index is -0.304. The lowest BCUT2D eigenvalue weighted by atomic mass is 10.1. The average molecular weight is 462 g/mol. The molecule has 0 fully saturated rings. The fourth-order valence-corrected chi connectivity index (χ4v) is 4.98. The molecule has 8 heteroatoms. The minimum Gasteiger partial charge on any atom is -0.375 e. The van der Waals surface area contributed by atoms with Crippen molar-refractivity contribution >= 4 is 22.4 Å². The van der Waals surface area contributed by atoms with Crippen LogP contribution in [0.3, 0.4) is 0 Å².